The zero-order chi connectivity index (χ0) is 13.8. The number of hydrogen-bond donors (Lipinski definition) is 3. The molecule has 0 unspecified atom stereocenters. The van der Waals surface area contributed by atoms with Gasteiger partial charge in [-0.3, -0.25) is 4.79 Å². The zero-order valence-electron chi connectivity index (χ0n) is 11.1. The SMILES string of the molecule is CNC1CCC(Nc2cccc(Cl)c2C(N)=O)CC1. The van der Waals surface area contributed by atoms with Crippen LogP contribution in [-0.2, 0) is 0 Å². The van der Waals surface area contributed by atoms with E-state index in [0.717, 1.165) is 31.4 Å². The van der Waals surface area contributed by atoms with E-state index in [1.54, 1.807) is 6.07 Å². The topological polar surface area (TPSA) is 67.2 Å². The highest BCUT2D eigenvalue weighted by Gasteiger charge is 2.21. The summed E-state index contributed by atoms with van der Waals surface area (Å²) in [7, 11) is 2.00. The van der Waals surface area contributed by atoms with Crippen LogP contribution in [0.4, 0.5) is 5.69 Å². The Labute approximate surface area is 118 Å². The van der Waals surface area contributed by atoms with Crippen LogP contribution in [0.25, 0.3) is 0 Å². The molecule has 0 aliphatic heterocycles. The van der Waals surface area contributed by atoms with Crippen molar-refractivity contribution >= 4 is 23.2 Å². The molecule has 1 fully saturated rings. The molecule has 1 aromatic carbocycles. The molecular formula is C14H20ClN3O. The minimum Gasteiger partial charge on any atom is -0.382 e. The third-order valence-corrected chi connectivity index (χ3v) is 4.07. The van der Waals surface area contributed by atoms with Gasteiger partial charge in [0.15, 0.2) is 0 Å². The first kappa shape index (κ1) is 14.2. The number of carbonyl (C=O) groups is 1. The maximum Gasteiger partial charge on any atom is 0.252 e. The first-order chi connectivity index (χ1) is 9.11. The molecule has 0 spiro atoms. The van der Waals surface area contributed by atoms with Crippen molar-refractivity contribution in [1.82, 2.24) is 5.32 Å². The molecule has 0 heterocycles. The van der Waals surface area contributed by atoms with Gasteiger partial charge in [-0.2, -0.15) is 0 Å². The molecule has 1 aliphatic rings. The Balaban J connectivity index is 2.08. The zero-order valence-corrected chi connectivity index (χ0v) is 11.8. The molecule has 1 amide bonds. The first-order valence-electron chi connectivity index (χ1n) is 6.64. The predicted molar refractivity (Wildman–Crippen MR) is 78.7 cm³/mol. The highest BCUT2D eigenvalue weighted by Crippen LogP contribution is 2.27. The lowest BCUT2D eigenvalue weighted by Gasteiger charge is -2.30. The number of benzene rings is 1. The van der Waals surface area contributed by atoms with Gasteiger partial charge in [0.05, 0.1) is 10.6 Å². The number of rotatable bonds is 4. The maximum absolute atomic E-state index is 11.5. The maximum atomic E-state index is 11.5. The Morgan fingerprint density at radius 1 is 1.26 bits per heavy atom. The number of hydrogen-bond acceptors (Lipinski definition) is 3. The van der Waals surface area contributed by atoms with Gasteiger partial charge in [0.25, 0.3) is 5.91 Å². The molecule has 0 bridgehead atoms. The van der Waals surface area contributed by atoms with Crippen LogP contribution >= 0.6 is 11.6 Å². The molecule has 0 saturated heterocycles. The van der Waals surface area contributed by atoms with E-state index >= 15 is 0 Å². The molecular weight excluding hydrogens is 262 g/mol. The van der Waals surface area contributed by atoms with Gasteiger partial charge in [-0.15, -0.1) is 0 Å². The van der Waals surface area contributed by atoms with Gasteiger partial charge in [-0.25, -0.2) is 0 Å². The summed E-state index contributed by atoms with van der Waals surface area (Å²) >= 11 is 6.04. The van der Waals surface area contributed by atoms with Crippen LogP contribution in [0.3, 0.4) is 0 Å². The van der Waals surface area contributed by atoms with Crippen LogP contribution in [-0.4, -0.2) is 25.0 Å². The van der Waals surface area contributed by atoms with Crippen molar-refractivity contribution in [2.45, 2.75) is 37.8 Å². The van der Waals surface area contributed by atoms with Crippen molar-refractivity contribution < 1.29 is 4.79 Å². The van der Waals surface area contributed by atoms with Crippen LogP contribution < -0.4 is 16.4 Å². The summed E-state index contributed by atoms with van der Waals surface area (Å²) in [5.41, 5.74) is 6.52. The second-order valence-corrected chi connectivity index (χ2v) is 5.42. The number of halogens is 1. The van der Waals surface area contributed by atoms with Crippen LogP contribution in [0.15, 0.2) is 18.2 Å². The molecule has 4 nitrogen and oxygen atoms in total. The van der Waals surface area contributed by atoms with E-state index < -0.39 is 5.91 Å². The number of amides is 1. The van der Waals surface area contributed by atoms with E-state index in [1.807, 2.05) is 19.2 Å². The van der Waals surface area contributed by atoms with Crippen molar-refractivity contribution in [3.05, 3.63) is 28.8 Å². The number of nitrogens with two attached hydrogens (primary N) is 1. The summed E-state index contributed by atoms with van der Waals surface area (Å²) in [6, 6.07) is 6.35. The van der Waals surface area contributed by atoms with Crippen LogP contribution in [0.2, 0.25) is 5.02 Å². The lowest BCUT2D eigenvalue weighted by atomic mass is 9.91. The molecule has 1 aromatic rings. The molecule has 19 heavy (non-hydrogen) atoms. The van der Waals surface area contributed by atoms with Crippen molar-refractivity contribution in [3.63, 3.8) is 0 Å². The summed E-state index contributed by atoms with van der Waals surface area (Å²) in [4.78, 5) is 11.5. The Morgan fingerprint density at radius 3 is 2.47 bits per heavy atom. The fraction of sp³-hybridized carbons (Fsp3) is 0.500. The van der Waals surface area contributed by atoms with Crippen LogP contribution in [0, 0.1) is 0 Å². The Bertz CT molecular complexity index is 456. The molecule has 104 valence electrons. The van der Waals surface area contributed by atoms with E-state index in [4.69, 9.17) is 17.3 Å². The standard InChI is InChI=1S/C14H20ClN3O/c1-17-9-5-7-10(8-6-9)18-12-4-2-3-11(15)13(12)14(16)19/h2-4,9-10,17-18H,5-8H2,1H3,(H2,16,19). The predicted octanol–water partition coefficient (Wildman–Crippen LogP) is 2.38. The average Bonchev–Trinajstić information content (AvgIpc) is 2.39. The minimum absolute atomic E-state index is 0.376. The van der Waals surface area contributed by atoms with E-state index in [0.29, 0.717) is 22.7 Å². The molecule has 5 heteroatoms. The average molecular weight is 282 g/mol. The van der Waals surface area contributed by atoms with E-state index in [1.165, 1.54) is 0 Å². The minimum atomic E-state index is -0.489. The largest absolute Gasteiger partial charge is 0.382 e. The van der Waals surface area contributed by atoms with Crippen molar-refractivity contribution in [2.24, 2.45) is 5.73 Å². The van der Waals surface area contributed by atoms with Crippen molar-refractivity contribution in [1.29, 1.82) is 0 Å². The van der Waals surface area contributed by atoms with Gasteiger partial charge in [0.2, 0.25) is 0 Å². The summed E-state index contributed by atoms with van der Waals surface area (Å²) in [6.07, 6.45) is 4.44. The second kappa shape index (κ2) is 6.26. The smallest absolute Gasteiger partial charge is 0.252 e. The quantitative estimate of drug-likeness (QED) is 0.794. The molecule has 0 atom stereocenters. The number of anilines is 1. The fourth-order valence-corrected chi connectivity index (χ4v) is 2.91. The second-order valence-electron chi connectivity index (χ2n) is 5.01. The van der Waals surface area contributed by atoms with Gasteiger partial charge < -0.3 is 16.4 Å². The highest BCUT2D eigenvalue weighted by molar-refractivity contribution is 6.34. The van der Waals surface area contributed by atoms with Gasteiger partial charge in [-0.1, -0.05) is 17.7 Å². The molecule has 0 radical (unpaired) electrons. The Morgan fingerprint density at radius 2 is 1.89 bits per heavy atom. The van der Waals surface area contributed by atoms with Crippen molar-refractivity contribution in [2.75, 3.05) is 12.4 Å². The lowest BCUT2D eigenvalue weighted by Crippen LogP contribution is -2.35. The van der Waals surface area contributed by atoms with Gasteiger partial charge in [0.1, 0.15) is 0 Å². The van der Waals surface area contributed by atoms with Crippen LogP contribution in [0.5, 0.6) is 0 Å². The summed E-state index contributed by atoms with van der Waals surface area (Å²) in [5, 5.41) is 7.11. The van der Waals surface area contributed by atoms with E-state index in [2.05, 4.69) is 10.6 Å². The Kier molecular flexibility index (Phi) is 4.66. The highest BCUT2D eigenvalue weighted by atomic mass is 35.5. The molecule has 1 aliphatic carbocycles. The third-order valence-electron chi connectivity index (χ3n) is 3.76. The number of carbonyl (C=O) groups excluding carboxylic acids is 1. The monoisotopic (exact) mass is 281 g/mol. The Hall–Kier alpha value is -1.26. The first-order valence-corrected chi connectivity index (χ1v) is 7.01. The molecule has 4 N–H and O–H groups in total. The summed E-state index contributed by atoms with van der Waals surface area (Å²) < 4.78 is 0. The lowest BCUT2D eigenvalue weighted by molar-refractivity contribution is 0.100. The fourth-order valence-electron chi connectivity index (χ4n) is 2.64. The van der Waals surface area contributed by atoms with E-state index in [9.17, 15) is 4.79 Å². The van der Waals surface area contributed by atoms with Crippen LogP contribution in [0.1, 0.15) is 36.0 Å². The number of primary amides is 1. The van der Waals surface area contributed by atoms with Gasteiger partial charge >= 0.3 is 0 Å². The molecule has 2 rings (SSSR count). The third kappa shape index (κ3) is 3.39. The number of nitrogens with one attached hydrogen (secondary N) is 2. The van der Waals surface area contributed by atoms with E-state index in [-0.39, 0.29) is 0 Å². The summed E-state index contributed by atoms with van der Waals surface area (Å²) in [5.74, 6) is -0.489. The molecule has 1 saturated carbocycles. The molecule has 0 aromatic heterocycles. The summed E-state index contributed by atoms with van der Waals surface area (Å²) in [6.45, 7) is 0. The van der Waals surface area contributed by atoms with Gasteiger partial charge in [-0.05, 0) is 44.9 Å². The normalized spacial score (nSPS) is 23.1. The van der Waals surface area contributed by atoms with Gasteiger partial charge in [0, 0.05) is 17.8 Å². The van der Waals surface area contributed by atoms with Crippen molar-refractivity contribution in [3.8, 4) is 0 Å².